The van der Waals surface area contributed by atoms with Gasteiger partial charge in [-0.15, -0.1) is 21.5 Å². The van der Waals surface area contributed by atoms with Gasteiger partial charge in [-0.2, -0.15) is 0 Å². The molecule has 0 unspecified atom stereocenters. The van der Waals surface area contributed by atoms with Gasteiger partial charge in [-0.25, -0.2) is 4.98 Å². The number of fused-ring (bicyclic) bond motifs is 1. The molecule has 2 aromatic carbocycles. The van der Waals surface area contributed by atoms with Gasteiger partial charge in [0, 0.05) is 17.8 Å². The standard InChI is InChI=1S/C21H21N5OS2/c1-4-26-14(3)24-25-21(26)28-12-19(27)22-16-8-6-15(7-9-16)20-23-17-10-5-13(2)11-18(17)29-20/h5-11H,4,12H2,1-3H3,(H,22,27). The molecule has 0 aliphatic rings. The summed E-state index contributed by atoms with van der Waals surface area (Å²) in [6.45, 7) is 6.82. The Balaban J connectivity index is 1.40. The van der Waals surface area contributed by atoms with E-state index in [9.17, 15) is 4.79 Å². The van der Waals surface area contributed by atoms with Crippen LogP contribution in [0.3, 0.4) is 0 Å². The molecule has 29 heavy (non-hydrogen) atoms. The minimum atomic E-state index is -0.0680. The van der Waals surface area contributed by atoms with E-state index in [2.05, 4.69) is 40.6 Å². The Morgan fingerprint density at radius 3 is 2.69 bits per heavy atom. The minimum Gasteiger partial charge on any atom is -0.325 e. The number of benzene rings is 2. The molecule has 0 saturated carbocycles. The molecule has 6 nitrogen and oxygen atoms in total. The lowest BCUT2D eigenvalue weighted by atomic mass is 10.2. The summed E-state index contributed by atoms with van der Waals surface area (Å²) in [5.74, 6) is 1.08. The summed E-state index contributed by atoms with van der Waals surface area (Å²) in [5, 5.41) is 12.9. The zero-order valence-electron chi connectivity index (χ0n) is 16.5. The van der Waals surface area contributed by atoms with Crippen LogP contribution in [0.25, 0.3) is 20.8 Å². The molecule has 0 aliphatic carbocycles. The van der Waals surface area contributed by atoms with Gasteiger partial charge >= 0.3 is 0 Å². The maximum atomic E-state index is 12.3. The third-order valence-corrected chi connectivity index (χ3v) is 6.54. The van der Waals surface area contributed by atoms with Gasteiger partial charge in [-0.3, -0.25) is 4.79 Å². The van der Waals surface area contributed by atoms with Gasteiger partial charge in [-0.05, 0) is 62.7 Å². The maximum absolute atomic E-state index is 12.3. The number of carbonyl (C=O) groups excluding carboxylic acids is 1. The predicted octanol–water partition coefficient (Wildman–Crippen LogP) is 4.92. The van der Waals surface area contributed by atoms with Crippen LogP contribution in [0.1, 0.15) is 18.3 Å². The van der Waals surface area contributed by atoms with E-state index in [-0.39, 0.29) is 11.7 Å². The van der Waals surface area contributed by atoms with E-state index >= 15 is 0 Å². The molecule has 2 aromatic heterocycles. The fraction of sp³-hybridized carbons (Fsp3) is 0.238. The fourth-order valence-electron chi connectivity index (χ4n) is 3.01. The first-order chi connectivity index (χ1) is 14.0. The summed E-state index contributed by atoms with van der Waals surface area (Å²) >= 11 is 3.07. The highest BCUT2D eigenvalue weighted by molar-refractivity contribution is 7.99. The van der Waals surface area contributed by atoms with Crippen molar-refractivity contribution in [1.29, 1.82) is 0 Å². The monoisotopic (exact) mass is 423 g/mol. The number of amides is 1. The number of carbonyl (C=O) groups is 1. The Hall–Kier alpha value is -2.71. The molecule has 0 atom stereocenters. The molecule has 0 saturated heterocycles. The Morgan fingerprint density at radius 2 is 1.93 bits per heavy atom. The molecular weight excluding hydrogens is 402 g/mol. The summed E-state index contributed by atoms with van der Waals surface area (Å²) in [5.41, 5.74) is 4.06. The van der Waals surface area contributed by atoms with Crippen LogP contribution in [-0.4, -0.2) is 31.4 Å². The van der Waals surface area contributed by atoms with Crippen molar-refractivity contribution < 1.29 is 4.79 Å². The fourth-order valence-corrected chi connectivity index (χ4v) is 4.93. The van der Waals surface area contributed by atoms with Crippen LogP contribution in [0.4, 0.5) is 5.69 Å². The molecule has 4 aromatic rings. The quantitative estimate of drug-likeness (QED) is 0.446. The lowest BCUT2D eigenvalue weighted by Crippen LogP contribution is -2.14. The van der Waals surface area contributed by atoms with Crippen LogP contribution in [0.5, 0.6) is 0 Å². The van der Waals surface area contributed by atoms with E-state index in [1.165, 1.54) is 22.0 Å². The molecule has 148 valence electrons. The number of hydrogen-bond acceptors (Lipinski definition) is 6. The lowest BCUT2D eigenvalue weighted by molar-refractivity contribution is -0.113. The second kappa shape index (κ2) is 8.34. The molecule has 1 amide bonds. The molecule has 2 heterocycles. The van der Waals surface area contributed by atoms with Gasteiger partial charge in [0.2, 0.25) is 5.91 Å². The third kappa shape index (κ3) is 4.33. The van der Waals surface area contributed by atoms with Crippen molar-refractivity contribution in [3.8, 4) is 10.6 Å². The SMILES string of the molecule is CCn1c(C)nnc1SCC(=O)Nc1ccc(-c2nc3ccc(C)cc3s2)cc1. The maximum Gasteiger partial charge on any atom is 0.234 e. The minimum absolute atomic E-state index is 0.0680. The molecule has 1 N–H and O–H groups in total. The van der Waals surface area contributed by atoms with Crippen molar-refractivity contribution in [3.63, 3.8) is 0 Å². The molecular formula is C21H21N5OS2. The van der Waals surface area contributed by atoms with Crippen molar-refractivity contribution in [1.82, 2.24) is 19.7 Å². The highest BCUT2D eigenvalue weighted by Gasteiger charge is 2.11. The Labute approximate surface area is 177 Å². The van der Waals surface area contributed by atoms with Gasteiger partial charge in [0.25, 0.3) is 0 Å². The van der Waals surface area contributed by atoms with E-state index in [0.717, 1.165) is 39.3 Å². The summed E-state index contributed by atoms with van der Waals surface area (Å²) in [4.78, 5) is 17.0. The first-order valence-corrected chi connectivity index (χ1v) is 11.1. The normalized spacial score (nSPS) is 11.1. The Morgan fingerprint density at radius 1 is 1.14 bits per heavy atom. The number of thiazole rings is 1. The average Bonchev–Trinajstić information content (AvgIpc) is 3.29. The van der Waals surface area contributed by atoms with Gasteiger partial charge in [0.1, 0.15) is 10.8 Å². The number of anilines is 1. The number of hydrogen-bond donors (Lipinski definition) is 1. The van der Waals surface area contributed by atoms with E-state index in [1.54, 1.807) is 11.3 Å². The number of aryl methyl sites for hydroxylation is 2. The number of nitrogens with one attached hydrogen (secondary N) is 1. The topological polar surface area (TPSA) is 72.7 Å². The van der Waals surface area contributed by atoms with Crippen LogP contribution in [0, 0.1) is 13.8 Å². The highest BCUT2D eigenvalue weighted by atomic mass is 32.2. The molecule has 0 aliphatic heterocycles. The second-order valence-electron chi connectivity index (χ2n) is 6.68. The molecule has 0 spiro atoms. The van der Waals surface area contributed by atoms with Gasteiger partial charge in [0.15, 0.2) is 5.16 Å². The molecule has 4 rings (SSSR count). The molecule has 0 fully saturated rings. The highest BCUT2D eigenvalue weighted by Crippen LogP contribution is 2.31. The van der Waals surface area contributed by atoms with E-state index in [1.807, 2.05) is 42.7 Å². The average molecular weight is 424 g/mol. The first-order valence-electron chi connectivity index (χ1n) is 9.33. The summed E-state index contributed by atoms with van der Waals surface area (Å²) in [6.07, 6.45) is 0. The number of aromatic nitrogens is 4. The van der Waals surface area contributed by atoms with Gasteiger partial charge in [0.05, 0.1) is 16.0 Å². The van der Waals surface area contributed by atoms with Crippen molar-refractivity contribution in [2.24, 2.45) is 0 Å². The van der Waals surface area contributed by atoms with Crippen LogP contribution in [0.2, 0.25) is 0 Å². The van der Waals surface area contributed by atoms with Crippen molar-refractivity contribution >= 4 is 44.9 Å². The van der Waals surface area contributed by atoms with Gasteiger partial charge < -0.3 is 9.88 Å². The molecule has 0 bridgehead atoms. The largest absolute Gasteiger partial charge is 0.325 e. The summed E-state index contributed by atoms with van der Waals surface area (Å²) in [6, 6.07) is 14.1. The number of thioether (sulfide) groups is 1. The zero-order chi connectivity index (χ0) is 20.4. The van der Waals surface area contributed by atoms with E-state index < -0.39 is 0 Å². The number of nitrogens with zero attached hydrogens (tertiary/aromatic N) is 4. The van der Waals surface area contributed by atoms with Crippen LogP contribution >= 0.6 is 23.1 Å². The molecule has 0 radical (unpaired) electrons. The predicted molar refractivity (Wildman–Crippen MR) is 120 cm³/mol. The van der Waals surface area contributed by atoms with Crippen LogP contribution < -0.4 is 5.32 Å². The zero-order valence-corrected chi connectivity index (χ0v) is 18.1. The summed E-state index contributed by atoms with van der Waals surface area (Å²) in [7, 11) is 0. The Bertz CT molecular complexity index is 1160. The number of rotatable bonds is 6. The smallest absolute Gasteiger partial charge is 0.234 e. The van der Waals surface area contributed by atoms with Crippen LogP contribution in [-0.2, 0) is 11.3 Å². The van der Waals surface area contributed by atoms with Crippen LogP contribution in [0.15, 0.2) is 47.6 Å². The first kappa shape index (κ1) is 19.6. The van der Waals surface area contributed by atoms with Crippen molar-refractivity contribution in [2.45, 2.75) is 32.5 Å². The van der Waals surface area contributed by atoms with E-state index in [0.29, 0.717) is 0 Å². The molecule has 8 heteroatoms. The third-order valence-electron chi connectivity index (χ3n) is 4.51. The Kier molecular flexibility index (Phi) is 5.64. The summed E-state index contributed by atoms with van der Waals surface area (Å²) < 4.78 is 3.18. The van der Waals surface area contributed by atoms with Crippen molar-refractivity contribution in [3.05, 3.63) is 53.9 Å². The second-order valence-corrected chi connectivity index (χ2v) is 8.65. The van der Waals surface area contributed by atoms with Gasteiger partial charge in [-0.1, -0.05) is 17.8 Å². The lowest BCUT2D eigenvalue weighted by Gasteiger charge is -2.07. The van der Waals surface area contributed by atoms with E-state index in [4.69, 9.17) is 4.98 Å². The van der Waals surface area contributed by atoms with Crippen molar-refractivity contribution in [2.75, 3.05) is 11.1 Å².